The molecular weight excluding hydrogens is 248 g/mol. The largest absolute Gasteiger partial charge is 0.369 e. The minimum absolute atomic E-state index is 0.501. The third-order valence-electron chi connectivity index (χ3n) is 5.00. The van der Waals surface area contributed by atoms with Crippen LogP contribution in [0.4, 0.5) is 11.6 Å². The highest BCUT2D eigenvalue weighted by atomic mass is 15.1. The number of hydrogen-bond acceptors (Lipinski definition) is 4. The molecule has 0 spiro atoms. The van der Waals surface area contributed by atoms with Crippen molar-refractivity contribution in [1.29, 1.82) is 0 Å². The maximum atomic E-state index is 4.60. The molecule has 4 heteroatoms. The third-order valence-corrected chi connectivity index (χ3v) is 5.00. The Hall–Kier alpha value is -1.32. The van der Waals surface area contributed by atoms with Crippen molar-refractivity contribution in [3.63, 3.8) is 0 Å². The van der Waals surface area contributed by atoms with Crippen molar-refractivity contribution in [3.05, 3.63) is 12.4 Å². The lowest BCUT2D eigenvalue weighted by molar-refractivity contribution is 0.304. The molecule has 2 aliphatic rings. The molecule has 110 valence electrons. The molecule has 20 heavy (non-hydrogen) atoms. The zero-order chi connectivity index (χ0) is 13.9. The van der Waals surface area contributed by atoms with Crippen molar-refractivity contribution in [1.82, 2.24) is 9.97 Å². The van der Waals surface area contributed by atoms with Gasteiger partial charge < -0.3 is 10.6 Å². The molecule has 2 saturated carbocycles. The van der Waals surface area contributed by atoms with Gasteiger partial charge in [0.05, 0.1) is 12.4 Å². The van der Waals surface area contributed by atoms with E-state index in [0.717, 1.165) is 42.4 Å². The molecule has 1 aromatic heterocycles. The van der Waals surface area contributed by atoms with Gasteiger partial charge in [-0.1, -0.05) is 13.3 Å². The Labute approximate surface area is 121 Å². The van der Waals surface area contributed by atoms with Crippen LogP contribution in [-0.4, -0.2) is 22.6 Å². The number of hydrogen-bond donors (Lipinski definition) is 2. The fourth-order valence-corrected chi connectivity index (χ4v) is 4.02. The second kappa shape index (κ2) is 5.98. The first-order chi connectivity index (χ1) is 9.76. The fraction of sp³-hybridized carbons (Fsp3) is 0.750. The van der Waals surface area contributed by atoms with Gasteiger partial charge in [0.15, 0.2) is 0 Å². The summed E-state index contributed by atoms with van der Waals surface area (Å²) < 4.78 is 0. The minimum Gasteiger partial charge on any atom is -0.369 e. The van der Waals surface area contributed by atoms with E-state index in [4.69, 9.17) is 0 Å². The molecule has 1 aromatic rings. The molecule has 0 radical (unpaired) electrons. The van der Waals surface area contributed by atoms with E-state index < -0.39 is 0 Å². The van der Waals surface area contributed by atoms with Crippen LogP contribution in [0.2, 0.25) is 0 Å². The van der Waals surface area contributed by atoms with Crippen LogP contribution < -0.4 is 10.6 Å². The lowest BCUT2D eigenvalue weighted by Gasteiger charge is -2.28. The molecule has 2 bridgehead atoms. The average Bonchev–Trinajstić information content (AvgIpc) is 3.08. The predicted molar refractivity (Wildman–Crippen MR) is 82.8 cm³/mol. The van der Waals surface area contributed by atoms with Gasteiger partial charge in [-0.15, -0.1) is 0 Å². The number of fused-ring (bicyclic) bond motifs is 2. The number of nitrogens with zero attached hydrogens (tertiary/aromatic N) is 2. The van der Waals surface area contributed by atoms with Gasteiger partial charge in [0, 0.05) is 12.6 Å². The normalized spacial score (nSPS) is 29.4. The highest BCUT2D eigenvalue weighted by Crippen LogP contribution is 2.49. The Morgan fingerprint density at radius 1 is 1.25 bits per heavy atom. The van der Waals surface area contributed by atoms with Gasteiger partial charge >= 0.3 is 0 Å². The smallest absolute Gasteiger partial charge is 0.147 e. The van der Waals surface area contributed by atoms with Crippen molar-refractivity contribution < 1.29 is 0 Å². The highest BCUT2D eigenvalue weighted by Gasteiger charge is 2.41. The van der Waals surface area contributed by atoms with Gasteiger partial charge in [-0.2, -0.15) is 0 Å². The summed E-state index contributed by atoms with van der Waals surface area (Å²) in [6.07, 6.45) is 10.5. The second-order valence-electron chi connectivity index (χ2n) is 6.49. The van der Waals surface area contributed by atoms with Gasteiger partial charge in [0.25, 0.3) is 0 Å². The summed E-state index contributed by atoms with van der Waals surface area (Å²) in [5.74, 6) is 4.54. The first kappa shape index (κ1) is 13.7. The summed E-state index contributed by atoms with van der Waals surface area (Å²) in [4.78, 5) is 8.88. The van der Waals surface area contributed by atoms with Crippen LogP contribution in [0.1, 0.15) is 46.0 Å². The molecule has 3 rings (SSSR count). The van der Waals surface area contributed by atoms with Gasteiger partial charge in [-0.3, -0.25) is 4.98 Å². The number of rotatable bonds is 6. The van der Waals surface area contributed by atoms with Crippen LogP contribution >= 0.6 is 0 Å². The van der Waals surface area contributed by atoms with E-state index in [2.05, 4.69) is 34.4 Å². The van der Waals surface area contributed by atoms with E-state index in [9.17, 15) is 0 Å². The predicted octanol–water partition coefficient (Wildman–Crippen LogP) is 3.54. The Bertz CT molecular complexity index is 448. The number of aromatic nitrogens is 2. The van der Waals surface area contributed by atoms with Gasteiger partial charge in [0.1, 0.15) is 11.6 Å². The summed E-state index contributed by atoms with van der Waals surface area (Å²) in [6.45, 7) is 5.40. The Balaban J connectivity index is 1.59. The molecule has 2 aliphatic carbocycles. The minimum atomic E-state index is 0.501. The molecule has 0 saturated heterocycles. The fourth-order valence-electron chi connectivity index (χ4n) is 4.02. The summed E-state index contributed by atoms with van der Waals surface area (Å²) in [5, 5.41) is 6.86. The molecule has 4 unspecified atom stereocenters. The summed E-state index contributed by atoms with van der Waals surface area (Å²) in [6, 6.07) is 0.501. The maximum absolute atomic E-state index is 4.60. The van der Waals surface area contributed by atoms with Gasteiger partial charge in [0.2, 0.25) is 0 Å². The topological polar surface area (TPSA) is 49.8 Å². The Morgan fingerprint density at radius 3 is 2.80 bits per heavy atom. The molecule has 2 fully saturated rings. The van der Waals surface area contributed by atoms with Crippen LogP contribution in [-0.2, 0) is 0 Å². The molecule has 2 N–H and O–H groups in total. The standard InChI is InChI=1S/C16H26N4/c1-3-6-18-15-9-17-10-16(20-15)19-11(2)14-8-12-4-5-13(14)7-12/h9-14H,3-8H2,1-2H3,(H2,18,19,20). The van der Waals surface area contributed by atoms with Crippen molar-refractivity contribution in [2.75, 3.05) is 17.2 Å². The highest BCUT2D eigenvalue weighted by molar-refractivity contribution is 5.42. The number of anilines is 2. The first-order valence-electron chi connectivity index (χ1n) is 8.08. The maximum Gasteiger partial charge on any atom is 0.147 e. The van der Waals surface area contributed by atoms with E-state index in [0.29, 0.717) is 6.04 Å². The molecule has 0 aliphatic heterocycles. The Morgan fingerprint density at radius 2 is 2.10 bits per heavy atom. The van der Waals surface area contributed by atoms with Crippen LogP contribution in [0.3, 0.4) is 0 Å². The first-order valence-corrected chi connectivity index (χ1v) is 8.08. The quantitative estimate of drug-likeness (QED) is 0.833. The monoisotopic (exact) mass is 274 g/mol. The van der Waals surface area contributed by atoms with Crippen molar-refractivity contribution in [2.45, 2.75) is 52.0 Å². The van der Waals surface area contributed by atoms with Crippen molar-refractivity contribution >= 4 is 11.6 Å². The summed E-state index contributed by atoms with van der Waals surface area (Å²) >= 11 is 0. The second-order valence-corrected chi connectivity index (χ2v) is 6.49. The van der Waals surface area contributed by atoms with Crippen LogP contribution in [0.15, 0.2) is 12.4 Å². The summed E-state index contributed by atoms with van der Waals surface area (Å²) in [7, 11) is 0. The van der Waals surface area contributed by atoms with E-state index in [1.165, 1.54) is 25.7 Å². The molecule has 0 amide bonds. The molecule has 4 nitrogen and oxygen atoms in total. The lowest BCUT2D eigenvalue weighted by atomic mass is 9.84. The van der Waals surface area contributed by atoms with E-state index in [1.54, 1.807) is 6.20 Å². The van der Waals surface area contributed by atoms with Gasteiger partial charge in [-0.25, -0.2) is 4.98 Å². The van der Waals surface area contributed by atoms with Crippen LogP contribution in [0, 0.1) is 17.8 Å². The average molecular weight is 274 g/mol. The Kier molecular flexibility index (Phi) is 4.08. The summed E-state index contributed by atoms with van der Waals surface area (Å²) in [5.41, 5.74) is 0. The van der Waals surface area contributed by atoms with Crippen LogP contribution in [0.5, 0.6) is 0 Å². The van der Waals surface area contributed by atoms with E-state index in [-0.39, 0.29) is 0 Å². The van der Waals surface area contributed by atoms with Crippen molar-refractivity contribution in [3.8, 4) is 0 Å². The van der Waals surface area contributed by atoms with E-state index >= 15 is 0 Å². The molecular formula is C16H26N4. The van der Waals surface area contributed by atoms with E-state index in [1.807, 2.05) is 6.20 Å². The van der Waals surface area contributed by atoms with Crippen molar-refractivity contribution in [2.24, 2.45) is 17.8 Å². The molecule has 1 heterocycles. The molecule has 4 atom stereocenters. The zero-order valence-corrected chi connectivity index (χ0v) is 12.6. The van der Waals surface area contributed by atoms with Crippen LogP contribution in [0.25, 0.3) is 0 Å². The zero-order valence-electron chi connectivity index (χ0n) is 12.6. The lowest BCUT2D eigenvalue weighted by Crippen LogP contribution is -2.30. The molecule has 0 aromatic carbocycles. The third kappa shape index (κ3) is 2.89. The van der Waals surface area contributed by atoms with Gasteiger partial charge in [-0.05, 0) is 50.4 Å². The number of nitrogens with one attached hydrogen (secondary N) is 2. The SMILES string of the molecule is CCCNc1cncc(NC(C)C2CC3CCC2C3)n1.